The number of nitrogens with one attached hydrogen (secondary N) is 3. The number of carbonyl (C=O) groups is 1. The average molecular weight is 432 g/mol. The van der Waals surface area contributed by atoms with Crippen LogP contribution < -0.4 is 16.0 Å². The molecule has 0 saturated carbocycles. The molecule has 3 N–H and O–H groups in total. The molecule has 0 fully saturated rings. The molecule has 0 aliphatic heterocycles. The van der Waals surface area contributed by atoms with Gasteiger partial charge in [0.15, 0.2) is 10.7 Å². The summed E-state index contributed by atoms with van der Waals surface area (Å²) in [4.78, 5) is 13.7. The van der Waals surface area contributed by atoms with E-state index >= 15 is 0 Å². The smallest absolute Gasteiger partial charge is 0.287 e. The molecular formula is C20H25N5O4S. The largest absolute Gasteiger partial charge is 0.455 e. The van der Waals surface area contributed by atoms with Crippen LogP contribution in [0.25, 0.3) is 0 Å². The predicted molar refractivity (Wildman–Crippen MR) is 112 cm³/mol. The third-order valence-corrected chi connectivity index (χ3v) is 5.70. The maximum Gasteiger partial charge on any atom is 0.287 e. The molecule has 1 amide bonds. The van der Waals surface area contributed by atoms with Gasteiger partial charge in [-0.05, 0) is 38.4 Å². The first-order valence-electron chi connectivity index (χ1n) is 9.17. The second-order valence-electron chi connectivity index (χ2n) is 6.57. The van der Waals surface area contributed by atoms with Crippen LogP contribution in [0.15, 0.2) is 62.5 Å². The van der Waals surface area contributed by atoms with E-state index in [1.54, 1.807) is 36.4 Å². The van der Waals surface area contributed by atoms with Crippen LogP contribution in [0.1, 0.15) is 16.3 Å². The van der Waals surface area contributed by atoms with Crippen LogP contribution >= 0.6 is 0 Å². The molecule has 2 rings (SSSR count). The van der Waals surface area contributed by atoms with Crippen molar-refractivity contribution in [1.29, 1.82) is 5.26 Å². The number of nitriles is 1. The molecule has 0 aliphatic carbocycles. The monoisotopic (exact) mass is 431 g/mol. The number of amides is 1. The molecule has 10 heteroatoms. The van der Waals surface area contributed by atoms with E-state index < -0.39 is 14.7 Å². The van der Waals surface area contributed by atoms with Crippen molar-refractivity contribution < 1.29 is 17.6 Å². The molecule has 30 heavy (non-hydrogen) atoms. The molecule has 1 aromatic carbocycles. The summed E-state index contributed by atoms with van der Waals surface area (Å²) in [6, 6.07) is 12.8. The van der Waals surface area contributed by atoms with Gasteiger partial charge in [0.2, 0.25) is 9.84 Å². The number of furan rings is 1. The van der Waals surface area contributed by atoms with Gasteiger partial charge in [0.25, 0.3) is 5.91 Å². The van der Waals surface area contributed by atoms with Crippen molar-refractivity contribution in [3.05, 3.63) is 64.7 Å². The Morgan fingerprint density at radius 1 is 1.10 bits per heavy atom. The van der Waals surface area contributed by atoms with Gasteiger partial charge in [-0.3, -0.25) is 4.79 Å². The molecule has 0 atom stereocenters. The summed E-state index contributed by atoms with van der Waals surface area (Å²) in [5.74, 6) is 0.546. The van der Waals surface area contributed by atoms with Crippen molar-refractivity contribution >= 4 is 15.7 Å². The fourth-order valence-electron chi connectivity index (χ4n) is 2.60. The molecule has 2 aromatic rings. The third kappa shape index (κ3) is 5.85. The number of carbonyl (C=O) groups excluding carboxylic acids is 1. The van der Waals surface area contributed by atoms with E-state index in [9.17, 15) is 18.5 Å². The quantitative estimate of drug-likeness (QED) is 0.376. The Labute approximate surface area is 176 Å². The van der Waals surface area contributed by atoms with Crippen molar-refractivity contribution in [3.63, 3.8) is 0 Å². The zero-order valence-corrected chi connectivity index (χ0v) is 17.9. The van der Waals surface area contributed by atoms with Gasteiger partial charge in [-0.1, -0.05) is 18.2 Å². The topological polar surface area (TPSA) is 127 Å². The maximum absolute atomic E-state index is 12.7. The van der Waals surface area contributed by atoms with E-state index in [0.717, 1.165) is 0 Å². The van der Waals surface area contributed by atoms with Gasteiger partial charge >= 0.3 is 0 Å². The molecule has 0 aliphatic rings. The number of nitrogens with zero attached hydrogens (tertiary/aromatic N) is 2. The summed E-state index contributed by atoms with van der Waals surface area (Å²) < 4.78 is 30.9. The number of rotatable bonds is 10. The lowest BCUT2D eigenvalue weighted by atomic mass is 10.4. The second-order valence-corrected chi connectivity index (χ2v) is 8.46. The number of hydrogen-bond donors (Lipinski definition) is 3. The predicted octanol–water partition coefficient (Wildman–Crippen LogP) is 1.05. The molecule has 0 radical (unpaired) electrons. The lowest BCUT2D eigenvalue weighted by Gasteiger charge is -2.13. The minimum Gasteiger partial charge on any atom is -0.455 e. The highest BCUT2D eigenvalue weighted by Crippen LogP contribution is 2.19. The Bertz CT molecular complexity index is 1040. The average Bonchev–Trinajstić information content (AvgIpc) is 3.18. The minimum absolute atomic E-state index is 0.0238. The number of allylic oxidation sites excluding steroid dienone is 1. The molecule has 0 unspecified atom stereocenters. The highest BCUT2D eigenvalue weighted by atomic mass is 32.2. The van der Waals surface area contributed by atoms with Crippen LogP contribution in [0, 0.1) is 11.3 Å². The van der Waals surface area contributed by atoms with Gasteiger partial charge in [0.1, 0.15) is 17.7 Å². The van der Waals surface area contributed by atoms with Gasteiger partial charge in [0, 0.05) is 20.1 Å². The molecule has 9 nitrogen and oxygen atoms in total. The Hall–Kier alpha value is -3.29. The van der Waals surface area contributed by atoms with E-state index in [0.29, 0.717) is 12.3 Å². The molecule has 0 bridgehead atoms. The van der Waals surface area contributed by atoms with E-state index in [1.807, 2.05) is 19.0 Å². The standard InChI is InChI=1S/C20H25N5O4S/c1-22-19(18(13-21)30(27,28)16-7-5-4-6-8-16)23-11-12-24-20(26)17-10-9-15(29-17)14-25(2)3/h4-10,22-23H,11-12,14H2,1-3H3,(H,24,26)/b19-18-. The van der Waals surface area contributed by atoms with Crippen LogP contribution in [0.3, 0.4) is 0 Å². The van der Waals surface area contributed by atoms with E-state index in [-0.39, 0.29) is 35.5 Å². The van der Waals surface area contributed by atoms with Crippen LogP contribution in [-0.2, 0) is 16.4 Å². The fraction of sp³-hybridized carbons (Fsp3) is 0.300. The van der Waals surface area contributed by atoms with Crippen molar-refractivity contribution in [2.24, 2.45) is 0 Å². The van der Waals surface area contributed by atoms with Gasteiger partial charge in [-0.2, -0.15) is 5.26 Å². The van der Waals surface area contributed by atoms with E-state index in [2.05, 4.69) is 16.0 Å². The first-order chi connectivity index (χ1) is 14.3. The van der Waals surface area contributed by atoms with E-state index in [1.165, 1.54) is 19.2 Å². The Balaban J connectivity index is 2.00. The first kappa shape index (κ1) is 23.0. The molecule has 1 heterocycles. The summed E-state index contributed by atoms with van der Waals surface area (Å²) in [6.07, 6.45) is 0. The molecule has 160 valence electrons. The highest BCUT2D eigenvalue weighted by molar-refractivity contribution is 7.95. The van der Waals surface area contributed by atoms with Gasteiger partial charge in [-0.15, -0.1) is 0 Å². The minimum atomic E-state index is -3.98. The van der Waals surface area contributed by atoms with Gasteiger partial charge in [0.05, 0.1) is 11.4 Å². The number of sulfone groups is 1. The van der Waals surface area contributed by atoms with Crippen LogP contribution in [-0.4, -0.2) is 53.5 Å². The van der Waals surface area contributed by atoms with Crippen molar-refractivity contribution in [2.75, 3.05) is 34.2 Å². The molecule has 1 aromatic heterocycles. The van der Waals surface area contributed by atoms with Crippen molar-refractivity contribution in [1.82, 2.24) is 20.9 Å². The SMILES string of the molecule is CN/C(NCCNC(=O)c1ccc(CN(C)C)o1)=C(\C#N)S(=O)(=O)c1ccccc1. The normalized spacial score (nSPS) is 12.1. The number of hydrogen-bond acceptors (Lipinski definition) is 8. The lowest BCUT2D eigenvalue weighted by Crippen LogP contribution is -2.35. The molecule has 0 spiro atoms. The highest BCUT2D eigenvalue weighted by Gasteiger charge is 2.24. The summed E-state index contributed by atoms with van der Waals surface area (Å²) in [7, 11) is 1.32. The fourth-order valence-corrected chi connectivity index (χ4v) is 3.91. The van der Waals surface area contributed by atoms with Crippen LogP contribution in [0.4, 0.5) is 0 Å². The maximum atomic E-state index is 12.7. The number of benzene rings is 1. The van der Waals surface area contributed by atoms with Crippen molar-refractivity contribution in [2.45, 2.75) is 11.4 Å². The molecular weight excluding hydrogens is 406 g/mol. The van der Waals surface area contributed by atoms with Crippen molar-refractivity contribution in [3.8, 4) is 6.07 Å². The summed E-state index contributed by atoms with van der Waals surface area (Å²) >= 11 is 0. The van der Waals surface area contributed by atoms with Crippen LogP contribution in [0.5, 0.6) is 0 Å². The van der Waals surface area contributed by atoms with Gasteiger partial charge in [-0.25, -0.2) is 8.42 Å². The Kier molecular flexibility index (Phi) is 8.03. The zero-order chi connectivity index (χ0) is 22.1. The second kappa shape index (κ2) is 10.5. The Morgan fingerprint density at radius 3 is 2.37 bits per heavy atom. The van der Waals surface area contributed by atoms with E-state index in [4.69, 9.17) is 4.42 Å². The first-order valence-corrected chi connectivity index (χ1v) is 10.7. The molecule has 0 saturated heterocycles. The lowest BCUT2D eigenvalue weighted by molar-refractivity contribution is 0.0923. The Morgan fingerprint density at radius 2 is 1.77 bits per heavy atom. The van der Waals surface area contributed by atoms with Gasteiger partial charge < -0.3 is 25.3 Å². The zero-order valence-electron chi connectivity index (χ0n) is 17.1. The summed E-state index contributed by atoms with van der Waals surface area (Å²) in [5.41, 5.74) is 0. The third-order valence-electron chi connectivity index (χ3n) is 3.97. The summed E-state index contributed by atoms with van der Waals surface area (Å²) in [5, 5.41) is 17.7. The van der Waals surface area contributed by atoms with Crippen LogP contribution in [0.2, 0.25) is 0 Å². The summed E-state index contributed by atoms with van der Waals surface area (Å²) in [6.45, 7) is 0.971.